The molecule has 0 saturated heterocycles. The molecule has 6 heteroatoms. The lowest BCUT2D eigenvalue weighted by molar-refractivity contribution is -0.140. The Labute approximate surface area is 215 Å². The summed E-state index contributed by atoms with van der Waals surface area (Å²) >= 11 is 0. The van der Waals surface area contributed by atoms with Crippen LogP contribution in [0.25, 0.3) is 11.3 Å². The zero-order chi connectivity index (χ0) is 26.8. The number of carbonyl (C=O) groups is 2. The second-order valence-corrected chi connectivity index (χ2v) is 7.81. The van der Waals surface area contributed by atoms with Gasteiger partial charge in [-0.25, -0.2) is 0 Å². The maximum absolute atomic E-state index is 11.3. The second kappa shape index (κ2) is 17.6. The maximum Gasteiger partial charge on any atom is 0.305 e. The quantitative estimate of drug-likeness (QED) is 0.198. The molecular weight excluding hydrogens is 454 g/mol. The highest BCUT2D eigenvalue weighted by atomic mass is 16.5. The number of aryl methyl sites for hydroxylation is 1. The number of esters is 1. The molecule has 0 aliphatic carbocycles. The normalized spacial score (nSPS) is 10.2. The van der Waals surface area contributed by atoms with Crippen LogP contribution in [-0.2, 0) is 20.7 Å². The number of furan rings is 1. The van der Waals surface area contributed by atoms with Gasteiger partial charge in [-0.2, -0.15) is 0 Å². The maximum atomic E-state index is 11.3. The number of amides is 1. The first-order valence-electron chi connectivity index (χ1n) is 12.1. The number of hydrogen-bond acceptors (Lipinski definition) is 5. The third-order valence-corrected chi connectivity index (χ3v) is 5.11. The SMILES string of the molecule is CC.CNC=O.COC(=O)CC/C(C)=C/COc1ccc(C)cc1Cc1ccc(-c2ccco2)cc1. The van der Waals surface area contributed by atoms with Gasteiger partial charge in [-0.1, -0.05) is 61.4 Å². The van der Waals surface area contributed by atoms with Crippen LogP contribution in [0, 0.1) is 6.92 Å². The first-order valence-corrected chi connectivity index (χ1v) is 12.1. The Balaban J connectivity index is 0.000000982. The summed E-state index contributed by atoms with van der Waals surface area (Å²) in [6.45, 7) is 8.56. The standard InChI is InChI=1S/C26H28O4.C2H5NO.C2H6/c1-19(7-13-26(27)28-3)14-16-30-25-12-6-20(2)17-23(25)18-21-8-10-22(11-9-21)24-5-4-15-29-24;1-3-2-4;1-2/h4-6,8-12,14-15,17H,7,13,16,18H2,1-3H3;2H,1H3,(H,3,4);1-2H3/b19-14+;;. The number of allylic oxidation sites excluding steroid dienone is 1. The fourth-order valence-electron chi connectivity index (χ4n) is 3.21. The Morgan fingerprint density at radius 3 is 2.33 bits per heavy atom. The number of nitrogens with one attached hydrogen (secondary N) is 1. The highest BCUT2D eigenvalue weighted by Crippen LogP contribution is 2.25. The molecule has 6 nitrogen and oxygen atoms in total. The van der Waals surface area contributed by atoms with E-state index in [9.17, 15) is 4.79 Å². The predicted molar refractivity (Wildman–Crippen MR) is 145 cm³/mol. The van der Waals surface area contributed by atoms with Gasteiger partial charge in [0.2, 0.25) is 6.41 Å². The minimum Gasteiger partial charge on any atom is -0.489 e. The molecule has 0 spiro atoms. The van der Waals surface area contributed by atoms with Crippen molar-refractivity contribution in [3.63, 3.8) is 0 Å². The molecule has 0 radical (unpaired) electrons. The summed E-state index contributed by atoms with van der Waals surface area (Å²) in [6, 6.07) is 18.5. The summed E-state index contributed by atoms with van der Waals surface area (Å²) in [4.78, 5) is 20.3. The summed E-state index contributed by atoms with van der Waals surface area (Å²) in [7, 11) is 2.97. The summed E-state index contributed by atoms with van der Waals surface area (Å²) in [6.07, 6.45) is 6.19. The van der Waals surface area contributed by atoms with Gasteiger partial charge in [0.25, 0.3) is 0 Å². The molecule has 3 rings (SSSR count). The molecular formula is C30H39NO5. The van der Waals surface area contributed by atoms with Crippen molar-refractivity contribution in [2.75, 3.05) is 20.8 Å². The summed E-state index contributed by atoms with van der Waals surface area (Å²) in [5.74, 6) is 1.56. The molecule has 36 heavy (non-hydrogen) atoms. The lowest BCUT2D eigenvalue weighted by atomic mass is 10.0. The molecule has 2 aromatic carbocycles. The molecule has 194 valence electrons. The third kappa shape index (κ3) is 11.1. The highest BCUT2D eigenvalue weighted by Gasteiger charge is 2.07. The van der Waals surface area contributed by atoms with E-state index in [1.54, 1.807) is 13.3 Å². The fourth-order valence-corrected chi connectivity index (χ4v) is 3.21. The zero-order valence-corrected chi connectivity index (χ0v) is 22.3. The van der Waals surface area contributed by atoms with Gasteiger partial charge in [0.15, 0.2) is 0 Å². The van der Waals surface area contributed by atoms with Crippen molar-refractivity contribution in [1.82, 2.24) is 5.32 Å². The van der Waals surface area contributed by atoms with E-state index in [1.165, 1.54) is 18.2 Å². The molecule has 1 aromatic heterocycles. The van der Waals surface area contributed by atoms with Crippen molar-refractivity contribution in [2.45, 2.75) is 47.0 Å². The third-order valence-electron chi connectivity index (χ3n) is 5.11. The fraction of sp³-hybridized carbons (Fsp3) is 0.333. The summed E-state index contributed by atoms with van der Waals surface area (Å²) in [5.41, 5.74) is 5.75. The monoisotopic (exact) mass is 493 g/mol. The van der Waals surface area contributed by atoms with E-state index in [4.69, 9.17) is 13.9 Å². The largest absolute Gasteiger partial charge is 0.489 e. The van der Waals surface area contributed by atoms with E-state index >= 15 is 0 Å². The Hall–Kier alpha value is -3.80. The molecule has 1 N–H and O–H groups in total. The average molecular weight is 494 g/mol. The van der Waals surface area contributed by atoms with Crippen molar-refractivity contribution in [1.29, 1.82) is 0 Å². The van der Waals surface area contributed by atoms with Crippen LogP contribution in [0.5, 0.6) is 5.75 Å². The van der Waals surface area contributed by atoms with E-state index in [2.05, 4.69) is 53.4 Å². The summed E-state index contributed by atoms with van der Waals surface area (Å²) < 4.78 is 16.2. The van der Waals surface area contributed by atoms with Crippen LogP contribution >= 0.6 is 0 Å². The Bertz CT molecular complexity index is 1050. The van der Waals surface area contributed by atoms with Crippen LogP contribution in [0.15, 0.2) is 76.9 Å². The molecule has 0 aliphatic heterocycles. The minimum atomic E-state index is -0.192. The number of ether oxygens (including phenoxy) is 2. The molecule has 1 heterocycles. The molecule has 0 saturated carbocycles. The first-order chi connectivity index (χ1) is 17.5. The van der Waals surface area contributed by atoms with Gasteiger partial charge in [0.1, 0.15) is 18.1 Å². The van der Waals surface area contributed by atoms with Gasteiger partial charge in [0, 0.05) is 25.5 Å². The smallest absolute Gasteiger partial charge is 0.305 e. The van der Waals surface area contributed by atoms with Crippen LogP contribution in [0.3, 0.4) is 0 Å². The van der Waals surface area contributed by atoms with Crippen molar-refractivity contribution in [2.24, 2.45) is 0 Å². The van der Waals surface area contributed by atoms with Gasteiger partial charge in [-0.05, 0) is 55.7 Å². The minimum absolute atomic E-state index is 0.192. The van der Waals surface area contributed by atoms with Crippen LogP contribution in [-0.4, -0.2) is 33.1 Å². The Morgan fingerprint density at radius 2 is 1.75 bits per heavy atom. The van der Waals surface area contributed by atoms with E-state index in [0.717, 1.165) is 34.6 Å². The van der Waals surface area contributed by atoms with Crippen LogP contribution in [0.2, 0.25) is 0 Å². The van der Waals surface area contributed by atoms with E-state index in [1.807, 2.05) is 45.0 Å². The molecule has 0 bridgehead atoms. The number of rotatable bonds is 10. The van der Waals surface area contributed by atoms with Crippen LogP contribution in [0.4, 0.5) is 0 Å². The van der Waals surface area contributed by atoms with E-state index in [0.29, 0.717) is 25.9 Å². The van der Waals surface area contributed by atoms with E-state index in [-0.39, 0.29) is 5.97 Å². The van der Waals surface area contributed by atoms with Crippen molar-refractivity contribution in [3.05, 3.63) is 89.2 Å². The number of hydrogen-bond donors (Lipinski definition) is 1. The van der Waals surface area contributed by atoms with Crippen molar-refractivity contribution < 1.29 is 23.5 Å². The average Bonchev–Trinajstić information content (AvgIpc) is 3.45. The molecule has 0 atom stereocenters. The van der Waals surface area contributed by atoms with Crippen molar-refractivity contribution >= 4 is 12.4 Å². The predicted octanol–water partition coefficient (Wildman–Crippen LogP) is 6.51. The first kappa shape index (κ1) is 30.2. The molecule has 0 fully saturated rings. The topological polar surface area (TPSA) is 77.8 Å². The molecule has 1 amide bonds. The highest BCUT2D eigenvalue weighted by molar-refractivity contribution is 5.69. The van der Waals surface area contributed by atoms with Gasteiger partial charge in [-0.3, -0.25) is 9.59 Å². The number of methoxy groups -OCH3 is 1. The molecule has 0 unspecified atom stereocenters. The van der Waals surface area contributed by atoms with Crippen LogP contribution in [0.1, 0.15) is 50.3 Å². The number of carbonyl (C=O) groups excluding carboxylic acids is 2. The van der Waals surface area contributed by atoms with Crippen molar-refractivity contribution in [3.8, 4) is 17.1 Å². The molecule has 3 aromatic rings. The van der Waals surface area contributed by atoms with Gasteiger partial charge in [-0.15, -0.1) is 0 Å². The van der Waals surface area contributed by atoms with E-state index < -0.39 is 0 Å². The Morgan fingerprint density at radius 1 is 1.06 bits per heavy atom. The van der Waals surface area contributed by atoms with Crippen LogP contribution < -0.4 is 10.1 Å². The molecule has 0 aliphatic rings. The Kier molecular flexibility index (Phi) is 14.8. The van der Waals surface area contributed by atoms with Gasteiger partial charge in [0.05, 0.1) is 13.4 Å². The van der Waals surface area contributed by atoms with Gasteiger partial charge < -0.3 is 19.2 Å². The summed E-state index contributed by atoms with van der Waals surface area (Å²) in [5, 5.41) is 2.25. The number of benzene rings is 2. The second-order valence-electron chi connectivity index (χ2n) is 7.81. The lowest BCUT2D eigenvalue weighted by Gasteiger charge is -2.12. The lowest BCUT2D eigenvalue weighted by Crippen LogP contribution is -2.02. The zero-order valence-electron chi connectivity index (χ0n) is 22.3. The van der Waals surface area contributed by atoms with Gasteiger partial charge >= 0.3 is 5.97 Å².